The zero-order valence-electron chi connectivity index (χ0n) is 12.8. The van der Waals surface area contributed by atoms with Crippen molar-refractivity contribution in [3.63, 3.8) is 0 Å². The molecule has 2 heterocycles. The van der Waals surface area contributed by atoms with E-state index in [0.29, 0.717) is 11.1 Å². The molecule has 0 radical (unpaired) electrons. The Morgan fingerprint density at radius 2 is 1.96 bits per heavy atom. The second-order valence-corrected chi connectivity index (χ2v) is 5.49. The fourth-order valence-electron chi connectivity index (χ4n) is 2.51. The lowest BCUT2D eigenvalue weighted by atomic mass is 10.1. The van der Waals surface area contributed by atoms with E-state index in [9.17, 15) is 18.8 Å². The normalized spacial score (nSPS) is 10.9. The van der Waals surface area contributed by atoms with Crippen LogP contribution in [0.1, 0.15) is 17.0 Å². The summed E-state index contributed by atoms with van der Waals surface area (Å²) >= 11 is 0. The number of aromatic amines is 3. The fraction of sp³-hybridized carbons (Fsp3) is 0.188. The third-order valence-corrected chi connectivity index (χ3v) is 3.71. The number of nitrogens with one attached hydrogen (secondary N) is 4. The molecule has 1 amide bonds. The number of hydrogen-bond donors (Lipinski definition) is 4. The van der Waals surface area contributed by atoms with Gasteiger partial charge in [0.15, 0.2) is 0 Å². The van der Waals surface area contributed by atoms with Crippen molar-refractivity contribution in [2.75, 3.05) is 0 Å². The van der Waals surface area contributed by atoms with Gasteiger partial charge >= 0.3 is 5.69 Å². The van der Waals surface area contributed by atoms with Crippen LogP contribution in [-0.4, -0.2) is 20.9 Å². The van der Waals surface area contributed by atoms with Gasteiger partial charge in [-0.15, -0.1) is 0 Å². The first kappa shape index (κ1) is 15.7. The van der Waals surface area contributed by atoms with Gasteiger partial charge in [0.2, 0.25) is 5.91 Å². The summed E-state index contributed by atoms with van der Waals surface area (Å²) < 4.78 is 13.2. The van der Waals surface area contributed by atoms with Gasteiger partial charge in [-0.25, -0.2) is 9.18 Å². The molecule has 0 atom stereocenters. The van der Waals surface area contributed by atoms with Gasteiger partial charge in [-0.2, -0.15) is 0 Å². The third-order valence-electron chi connectivity index (χ3n) is 3.71. The predicted molar refractivity (Wildman–Crippen MR) is 86.2 cm³/mol. The van der Waals surface area contributed by atoms with Crippen molar-refractivity contribution in [1.29, 1.82) is 0 Å². The topological polar surface area (TPSA) is 111 Å². The van der Waals surface area contributed by atoms with Crippen molar-refractivity contribution < 1.29 is 9.18 Å². The van der Waals surface area contributed by atoms with E-state index >= 15 is 0 Å². The second-order valence-electron chi connectivity index (χ2n) is 5.49. The molecule has 7 nitrogen and oxygen atoms in total. The lowest BCUT2D eigenvalue weighted by Gasteiger charge is -2.05. The molecule has 0 bridgehead atoms. The van der Waals surface area contributed by atoms with E-state index in [0.717, 1.165) is 11.2 Å². The summed E-state index contributed by atoms with van der Waals surface area (Å²) in [5.41, 5.74) is 0.884. The maximum atomic E-state index is 13.2. The second kappa shape index (κ2) is 6.15. The van der Waals surface area contributed by atoms with Crippen LogP contribution in [0.5, 0.6) is 0 Å². The summed E-state index contributed by atoms with van der Waals surface area (Å²) in [5.74, 6) is -0.689. The molecule has 0 fully saturated rings. The summed E-state index contributed by atoms with van der Waals surface area (Å²) in [4.78, 5) is 42.5. The first-order valence-corrected chi connectivity index (χ1v) is 7.28. The minimum absolute atomic E-state index is 0.146. The Hall–Kier alpha value is -3.16. The molecule has 0 aliphatic rings. The molecule has 0 unspecified atom stereocenters. The molecule has 3 rings (SSSR count). The van der Waals surface area contributed by atoms with Crippen LogP contribution in [0.15, 0.2) is 33.9 Å². The van der Waals surface area contributed by atoms with Crippen LogP contribution in [0.3, 0.4) is 0 Å². The maximum Gasteiger partial charge on any atom is 0.325 e. The molecule has 0 saturated heterocycles. The first-order chi connectivity index (χ1) is 11.4. The minimum atomic E-state index is -0.605. The van der Waals surface area contributed by atoms with Crippen molar-refractivity contribution in [3.05, 3.63) is 67.9 Å². The predicted octanol–water partition coefficient (Wildman–Crippen LogP) is 0.851. The standard InChI is InChI=1S/C16H15FN4O3/c1-8-12(15(23)21-16(24)19-8)6-14(22)18-7-11-5-9-4-10(17)2-3-13(9)20-11/h2-5,20H,6-7H2,1H3,(H,18,22)(H2,19,21,23,24). The number of H-pyrrole nitrogens is 3. The van der Waals surface area contributed by atoms with E-state index in [1.54, 1.807) is 19.1 Å². The highest BCUT2D eigenvalue weighted by Gasteiger charge is 2.11. The number of rotatable bonds is 4. The van der Waals surface area contributed by atoms with Crippen LogP contribution in [0.25, 0.3) is 10.9 Å². The Bertz CT molecular complexity index is 1030. The molecule has 2 aromatic heterocycles. The summed E-state index contributed by atoms with van der Waals surface area (Å²) in [6.07, 6.45) is -0.146. The molecule has 3 aromatic rings. The number of carbonyl (C=O) groups excluding carboxylic acids is 1. The molecule has 0 saturated carbocycles. The van der Waals surface area contributed by atoms with Gasteiger partial charge < -0.3 is 15.3 Å². The highest BCUT2D eigenvalue weighted by molar-refractivity contribution is 5.81. The van der Waals surface area contributed by atoms with Crippen molar-refractivity contribution in [1.82, 2.24) is 20.3 Å². The summed E-state index contributed by atoms with van der Waals surface area (Å²) in [6.45, 7) is 1.78. The van der Waals surface area contributed by atoms with Crippen molar-refractivity contribution in [3.8, 4) is 0 Å². The van der Waals surface area contributed by atoms with Crippen LogP contribution >= 0.6 is 0 Å². The van der Waals surface area contributed by atoms with E-state index in [2.05, 4.69) is 20.3 Å². The molecule has 24 heavy (non-hydrogen) atoms. The monoisotopic (exact) mass is 330 g/mol. The average Bonchev–Trinajstić information content (AvgIpc) is 2.90. The minimum Gasteiger partial charge on any atom is -0.357 e. The highest BCUT2D eigenvalue weighted by Crippen LogP contribution is 2.16. The van der Waals surface area contributed by atoms with Crippen molar-refractivity contribution in [2.24, 2.45) is 0 Å². The Kier molecular flexibility index (Phi) is 4.03. The van der Waals surface area contributed by atoms with Crippen LogP contribution in [0.4, 0.5) is 4.39 Å². The maximum absolute atomic E-state index is 13.2. The summed E-state index contributed by atoms with van der Waals surface area (Å²) in [5, 5.41) is 3.40. The van der Waals surface area contributed by atoms with Gasteiger partial charge in [0, 0.05) is 27.9 Å². The molecule has 0 aliphatic heterocycles. The van der Waals surface area contributed by atoms with Gasteiger partial charge in [0.25, 0.3) is 5.56 Å². The smallest absolute Gasteiger partial charge is 0.325 e. The quantitative estimate of drug-likeness (QED) is 0.569. The Labute approximate surface area is 134 Å². The first-order valence-electron chi connectivity index (χ1n) is 7.28. The van der Waals surface area contributed by atoms with E-state index in [-0.39, 0.29) is 30.3 Å². The van der Waals surface area contributed by atoms with Gasteiger partial charge in [0.1, 0.15) is 5.82 Å². The number of carbonyl (C=O) groups is 1. The number of benzene rings is 1. The highest BCUT2D eigenvalue weighted by atomic mass is 19.1. The molecule has 4 N–H and O–H groups in total. The largest absolute Gasteiger partial charge is 0.357 e. The third kappa shape index (κ3) is 3.27. The van der Waals surface area contributed by atoms with E-state index in [4.69, 9.17) is 0 Å². The van der Waals surface area contributed by atoms with Gasteiger partial charge in [-0.1, -0.05) is 0 Å². The SMILES string of the molecule is Cc1[nH]c(=O)[nH]c(=O)c1CC(=O)NCc1cc2cc(F)ccc2[nH]1. The lowest BCUT2D eigenvalue weighted by Crippen LogP contribution is -2.32. The number of aromatic nitrogens is 3. The van der Waals surface area contributed by atoms with E-state index in [1.165, 1.54) is 12.1 Å². The van der Waals surface area contributed by atoms with Gasteiger partial charge in [-0.05, 0) is 31.2 Å². The zero-order chi connectivity index (χ0) is 17.3. The van der Waals surface area contributed by atoms with Gasteiger partial charge in [-0.3, -0.25) is 14.6 Å². The number of hydrogen-bond acceptors (Lipinski definition) is 3. The van der Waals surface area contributed by atoms with E-state index in [1.807, 2.05) is 0 Å². The molecular weight excluding hydrogens is 315 g/mol. The van der Waals surface area contributed by atoms with Crippen molar-refractivity contribution in [2.45, 2.75) is 19.9 Å². The molecular formula is C16H15FN4O3. The number of halogens is 1. The van der Waals surface area contributed by atoms with Crippen LogP contribution < -0.4 is 16.6 Å². The Morgan fingerprint density at radius 1 is 1.17 bits per heavy atom. The molecule has 8 heteroatoms. The average molecular weight is 330 g/mol. The van der Waals surface area contributed by atoms with Crippen LogP contribution in [0.2, 0.25) is 0 Å². The molecule has 0 spiro atoms. The zero-order valence-corrected chi connectivity index (χ0v) is 12.8. The van der Waals surface area contributed by atoms with E-state index < -0.39 is 11.2 Å². The van der Waals surface area contributed by atoms with Crippen LogP contribution in [0, 0.1) is 12.7 Å². The molecule has 1 aromatic carbocycles. The fourth-order valence-corrected chi connectivity index (χ4v) is 2.51. The Morgan fingerprint density at radius 3 is 2.71 bits per heavy atom. The summed E-state index contributed by atoms with van der Waals surface area (Å²) in [7, 11) is 0. The Balaban J connectivity index is 1.69. The molecule has 124 valence electrons. The lowest BCUT2D eigenvalue weighted by molar-refractivity contribution is -0.120. The summed E-state index contributed by atoms with van der Waals surface area (Å²) in [6, 6.07) is 6.13. The molecule has 0 aliphatic carbocycles. The number of amides is 1. The number of aryl methyl sites for hydroxylation is 1. The number of fused-ring (bicyclic) bond motifs is 1. The van der Waals surface area contributed by atoms with Gasteiger partial charge in [0.05, 0.1) is 13.0 Å². The van der Waals surface area contributed by atoms with Crippen molar-refractivity contribution >= 4 is 16.8 Å². The van der Waals surface area contributed by atoms with Crippen LogP contribution in [-0.2, 0) is 17.8 Å².